The smallest absolute Gasteiger partial charge is 0.303 e. The second-order valence-corrected chi connectivity index (χ2v) is 6.94. The van der Waals surface area contributed by atoms with Crippen molar-refractivity contribution in [1.82, 2.24) is 4.90 Å². The van der Waals surface area contributed by atoms with Crippen molar-refractivity contribution >= 4 is 11.8 Å². The summed E-state index contributed by atoms with van der Waals surface area (Å²) in [7, 11) is 1.96. The minimum atomic E-state index is -0.775. The van der Waals surface area contributed by atoms with Crippen molar-refractivity contribution in [3.8, 4) is 0 Å². The van der Waals surface area contributed by atoms with Gasteiger partial charge in [0.2, 0.25) is 0 Å². The number of aliphatic hydroxyl groups excluding tert-OH is 1. The molecule has 0 bridgehead atoms. The van der Waals surface area contributed by atoms with E-state index in [1.807, 2.05) is 25.3 Å². The fourth-order valence-corrected chi connectivity index (χ4v) is 3.24. The summed E-state index contributed by atoms with van der Waals surface area (Å²) in [5.74, 6) is -0.751. The van der Waals surface area contributed by atoms with Crippen molar-refractivity contribution in [3.05, 3.63) is 24.3 Å². The first-order valence-electron chi connectivity index (χ1n) is 9.42. The van der Waals surface area contributed by atoms with Crippen LogP contribution in [0.3, 0.4) is 0 Å². The highest BCUT2D eigenvalue weighted by Gasteiger charge is 2.32. The zero-order valence-corrected chi connectivity index (χ0v) is 15.6. The van der Waals surface area contributed by atoms with Crippen LogP contribution >= 0.6 is 0 Å². The normalized spacial score (nSPS) is 21.5. The van der Waals surface area contributed by atoms with Crippen molar-refractivity contribution < 1.29 is 19.8 Å². The lowest BCUT2D eigenvalue weighted by Gasteiger charge is -2.29. The van der Waals surface area contributed by atoms with Crippen LogP contribution in [0.15, 0.2) is 24.3 Å². The van der Waals surface area contributed by atoms with E-state index in [4.69, 9.17) is 5.11 Å². The summed E-state index contributed by atoms with van der Waals surface area (Å²) in [4.78, 5) is 24.6. The Balaban J connectivity index is 2.41. The van der Waals surface area contributed by atoms with E-state index >= 15 is 0 Å². The molecular weight excluding hydrogens is 318 g/mol. The van der Waals surface area contributed by atoms with Gasteiger partial charge in [-0.05, 0) is 38.8 Å². The van der Waals surface area contributed by atoms with Crippen molar-refractivity contribution in [1.29, 1.82) is 0 Å². The number of aliphatic hydroxyl groups is 1. The van der Waals surface area contributed by atoms with E-state index in [1.54, 1.807) is 6.08 Å². The van der Waals surface area contributed by atoms with Gasteiger partial charge in [-0.2, -0.15) is 0 Å². The fourth-order valence-electron chi connectivity index (χ4n) is 3.24. The number of rotatable bonds is 13. The molecule has 5 heteroatoms. The van der Waals surface area contributed by atoms with Crippen LogP contribution in [0.2, 0.25) is 0 Å². The average Bonchev–Trinajstić information content (AvgIpc) is 2.91. The fraction of sp³-hybridized carbons (Fsp3) is 0.700. The maximum absolute atomic E-state index is 12.1. The number of carbonyl (C=O) groups excluding carboxylic acids is 1. The predicted octanol–water partition coefficient (Wildman–Crippen LogP) is 3.18. The van der Waals surface area contributed by atoms with Crippen LogP contribution < -0.4 is 0 Å². The van der Waals surface area contributed by atoms with Crippen molar-refractivity contribution in [2.24, 2.45) is 5.92 Å². The first kappa shape index (κ1) is 21.6. The Labute approximate surface area is 151 Å². The molecule has 1 aliphatic rings. The molecule has 25 heavy (non-hydrogen) atoms. The lowest BCUT2D eigenvalue weighted by Crippen LogP contribution is -2.40. The van der Waals surface area contributed by atoms with E-state index in [0.717, 1.165) is 32.1 Å². The molecule has 0 spiro atoms. The molecule has 0 radical (unpaired) electrons. The first-order valence-corrected chi connectivity index (χ1v) is 9.42. The van der Waals surface area contributed by atoms with Crippen LogP contribution in [0, 0.1) is 5.92 Å². The van der Waals surface area contributed by atoms with Gasteiger partial charge in [0.05, 0.1) is 6.10 Å². The lowest BCUT2D eigenvalue weighted by molar-refractivity contribution is -0.137. The summed E-state index contributed by atoms with van der Waals surface area (Å²) in [6.45, 7) is 2.72. The van der Waals surface area contributed by atoms with Crippen molar-refractivity contribution in [3.63, 3.8) is 0 Å². The average molecular weight is 351 g/mol. The van der Waals surface area contributed by atoms with Crippen LogP contribution in [0.4, 0.5) is 0 Å². The number of allylic oxidation sites excluding steroid dienone is 3. The van der Waals surface area contributed by atoms with Gasteiger partial charge in [0.25, 0.3) is 0 Å². The van der Waals surface area contributed by atoms with Crippen LogP contribution in [-0.4, -0.2) is 52.6 Å². The van der Waals surface area contributed by atoms with E-state index < -0.39 is 5.97 Å². The molecule has 0 aromatic rings. The molecule has 0 aromatic carbocycles. The Morgan fingerprint density at radius 2 is 2.08 bits per heavy atom. The van der Waals surface area contributed by atoms with E-state index in [1.165, 1.54) is 0 Å². The van der Waals surface area contributed by atoms with E-state index in [2.05, 4.69) is 11.8 Å². The maximum atomic E-state index is 12.1. The van der Waals surface area contributed by atoms with E-state index in [-0.39, 0.29) is 30.3 Å². The number of hydrogen-bond donors (Lipinski definition) is 2. The third-order valence-electron chi connectivity index (χ3n) is 4.70. The Morgan fingerprint density at radius 3 is 2.76 bits per heavy atom. The standard InChI is InChI=1S/C20H33NO4/c1-3-4-7-10-16(22)15-21(2)18-13-14-19(23)17(18)11-8-5-6-9-12-20(24)25/h5,8,13-14,16-18,22H,3-4,6-7,9-12,15H2,1-2H3,(H,24,25)/b8-5-/t16?,17-,18+/m1/s1. The van der Waals surface area contributed by atoms with Crippen molar-refractivity contribution in [2.75, 3.05) is 13.6 Å². The van der Waals surface area contributed by atoms with Crippen LogP contribution in [0.1, 0.15) is 58.3 Å². The van der Waals surface area contributed by atoms with Gasteiger partial charge in [0, 0.05) is 24.9 Å². The van der Waals surface area contributed by atoms with Gasteiger partial charge in [-0.1, -0.05) is 44.4 Å². The number of carboxylic acids is 1. The summed E-state index contributed by atoms with van der Waals surface area (Å²) in [6, 6.07) is 0.0250. The topological polar surface area (TPSA) is 77.8 Å². The van der Waals surface area contributed by atoms with Gasteiger partial charge in [0.1, 0.15) is 0 Å². The maximum Gasteiger partial charge on any atom is 0.303 e. The van der Waals surface area contributed by atoms with Gasteiger partial charge in [-0.15, -0.1) is 0 Å². The summed E-state index contributed by atoms with van der Waals surface area (Å²) in [5.41, 5.74) is 0. The molecule has 1 aliphatic carbocycles. The molecule has 1 rings (SSSR count). The number of hydrogen-bond acceptors (Lipinski definition) is 4. The number of ketones is 1. The highest BCUT2D eigenvalue weighted by molar-refractivity contribution is 5.95. The van der Waals surface area contributed by atoms with Gasteiger partial charge in [-0.25, -0.2) is 0 Å². The lowest BCUT2D eigenvalue weighted by atomic mass is 9.95. The molecule has 5 nitrogen and oxygen atoms in total. The Hall–Kier alpha value is -1.46. The number of carboxylic acid groups (broad SMARTS) is 1. The molecular formula is C20H33NO4. The minimum absolute atomic E-state index is 0.0250. The van der Waals surface area contributed by atoms with Crippen LogP contribution in [0.5, 0.6) is 0 Å². The van der Waals surface area contributed by atoms with Crippen LogP contribution in [-0.2, 0) is 9.59 Å². The molecule has 2 N–H and O–H groups in total. The highest BCUT2D eigenvalue weighted by atomic mass is 16.4. The second-order valence-electron chi connectivity index (χ2n) is 6.94. The largest absolute Gasteiger partial charge is 0.481 e. The first-order chi connectivity index (χ1) is 12.0. The molecule has 3 atom stereocenters. The third-order valence-corrected chi connectivity index (χ3v) is 4.70. The summed E-state index contributed by atoms with van der Waals surface area (Å²) >= 11 is 0. The van der Waals surface area contributed by atoms with E-state index in [9.17, 15) is 14.7 Å². The monoisotopic (exact) mass is 351 g/mol. The molecule has 0 aromatic heterocycles. The molecule has 0 heterocycles. The molecule has 0 saturated carbocycles. The van der Waals surface area contributed by atoms with Gasteiger partial charge in [-0.3, -0.25) is 14.5 Å². The summed E-state index contributed by atoms with van der Waals surface area (Å²) in [6.07, 6.45) is 13.5. The molecule has 142 valence electrons. The Bertz CT molecular complexity index is 472. The number of likely N-dealkylation sites (N-methyl/N-ethyl adjacent to an activating group) is 1. The number of aliphatic carboxylic acids is 1. The van der Waals surface area contributed by atoms with E-state index in [0.29, 0.717) is 19.4 Å². The number of unbranched alkanes of at least 4 members (excludes halogenated alkanes) is 3. The number of carbonyl (C=O) groups is 2. The number of nitrogens with zero attached hydrogens (tertiary/aromatic N) is 1. The van der Waals surface area contributed by atoms with Crippen LogP contribution in [0.25, 0.3) is 0 Å². The zero-order valence-electron chi connectivity index (χ0n) is 15.6. The van der Waals surface area contributed by atoms with Gasteiger partial charge >= 0.3 is 5.97 Å². The second kappa shape index (κ2) is 12.0. The SMILES string of the molecule is CCCCCC(O)CN(C)[C@H]1C=CC(=O)[C@@H]1C/C=C\CCCC(=O)O. The molecule has 1 unspecified atom stereocenters. The molecule has 0 aliphatic heterocycles. The minimum Gasteiger partial charge on any atom is -0.481 e. The zero-order chi connectivity index (χ0) is 18.7. The summed E-state index contributed by atoms with van der Waals surface area (Å²) < 4.78 is 0. The Morgan fingerprint density at radius 1 is 1.32 bits per heavy atom. The Kier molecular flexibility index (Phi) is 10.3. The van der Waals surface area contributed by atoms with Gasteiger partial charge < -0.3 is 10.2 Å². The third kappa shape index (κ3) is 8.45. The molecule has 0 saturated heterocycles. The highest BCUT2D eigenvalue weighted by Crippen LogP contribution is 2.24. The predicted molar refractivity (Wildman–Crippen MR) is 99.4 cm³/mol. The summed E-state index contributed by atoms with van der Waals surface area (Å²) in [5, 5.41) is 18.8. The van der Waals surface area contributed by atoms with Crippen molar-refractivity contribution in [2.45, 2.75) is 70.4 Å². The molecule has 0 amide bonds. The van der Waals surface area contributed by atoms with Gasteiger partial charge in [0.15, 0.2) is 5.78 Å². The molecule has 0 fully saturated rings. The quantitative estimate of drug-likeness (QED) is 0.394.